The van der Waals surface area contributed by atoms with Crippen LogP contribution in [0.3, 0.4) is 0 Å². The average molecular weight is 273 g/mol. The molecule has 3 nitrogen and oxygen atoms in total. The maximum absolute atomic E-state index is 4.42. The highest BCUT2D eigenvalue weighted by molar-refractivity contribution is 7.11. The van der Waals surface area contributed by atoms with Crippen molar-refractivity contribution in [1.82, 2.24) is 15.5 Å². The molecule has 1 aliphatic rings. The molecule has 0 radical (unpaired) electrons. The summed E-state index contributed by atoms with van der Waals surface area (Å²) in [5.74, 6) is 0.671. The van der Waals surface area contributed by atoms with E-state index in [1.807, 2.05) is 6.07 Å². The molecule has 3 rings (SSSR count). The van der Waals surface area contributed by atoms with Crippen molar-refractivity contribution in [3.05, 3.63) is 45.9 Å². The minimum absolute atomic E-state index is 0.178. The van der Waals surface area contributed by atoms with Gasteiger partial charge >= 0.3 is 0 Å². The van der Waals surface area contributed by atoms with Gasteiger partial charge in [-0.25, -0.2) is 0 Å². The van der Waals surface area contributed by atoms with Gasteiger partial charge in [0, 0.05) is 5.92 Å². The van der Waals surface area contributed by atoms with Crippen LogP contribution in [-0.4, -0.2) is 16.7 Å². The summed E-state index contributed by atoms with van der Waals surface area (Å²) in [5, 5.41) is 14.6. The number of nitrogens with zero attached hydrogens (tertiary/aromatic N) is 2. The lowest BCUT2D eigenvalue weighted by Crippen LogP contribution is -2.21. The Morgan fingerprint density at radius 1 is 1.26 bits per heavy atom. The first-order valence-corrected chi connectivity index (χ1v) is 7.81. The van der Waals surface area contributed by atoms with Gasteiger partial charge in [0.15, 0.2) is 0 Å². The lowest BCUT2D eigenvalue weighted by molar-refractivity contribution is 0.416. The molecule has 1 aromatic carbocycles. The van der Waals surface area contributed by atoms with Gasteiger partial charge in [-0.2, -0.15) is 0 Å². The normalized spacial score (nSPS) is 17.1. The Hall–Kier alpha value is -1.26. The summed E-state index contributed by atoms with van der Waals surface area (Å²) in [4.78, 5) is 0. The second-order valence-corrected chi connectivity index (χ2v) is 6.05. The van der Waals surface area contributed by atoms with Gasteiger partial charge < -0.3 is 5.32 Å². The van der Waals surface area contributed by atoms with Crippen LogP contribution in [0.15, 0.2) is 30.3 Å². The predicted molar refractivity (Wildman–Crippen MR) is 78.5 cm³/mol. The van der Waals surface area contributed by atoms with Gasteiger partial charge in [0.1, 0.15) is 10.0 Å². The van der Waals surface area contributed by atoms with Gasteiger partial charge in [-0.3, -0.25) is 0 Å². The number of hydrogen-bond acceptors (Lipinski definition) is 4. The molecule has 0 spiro atoms. The fourth-order valence-electron chi connectivity index (χ4n) is 2.38. The number of nitrogens with one attached hydrogen (secondary N) is 1. The van der Waals surface area contributed by atoms with Crippen LogP contribution >= 0.6 is 11.3 Å². The number of benzene rings is 1. The molecule has 1 unspecified atom stereocenters. The monoisotopic (exact) mass is 273 g/mol. The van der Waals surface area contributed by atoms with Crippen molar-refractivity contribution in [2.45, 2.75) is 38.1 Å². The van der Waals surface area contributed by atoms with E-state index in [-0.39, 0.29) is 6.04 Å². The third-order valence-electron chi connectivity index (χ3n) is 3.70. The Bertz CT molecular complexity index is 519. The predicted octanol–water partition coefficient (Wildman–Crippen LogP) is 3.50. The molecule has 1 heterocycles. The average Bonchev–Trinajstić information content (AvgIpc) is 2.84. The lowest BCUT2D eigenvalue weighted by Gasteiger charge is -2.22. The zero-order chi connectivity index (χ0) is 13.1. The summed E-state index contributed by atoms with van der Waals surface area (Å²) in [5.41, 5.74) is 1.26. The summed E-state index contributed by atoms with van der Waals surface area (Å²) in [6.45, 7) is 3.06. The molecular formula is C15H19N3S. The Labute approximate surface area is 118 Å². The Morgan fingerprint density at radius 2 is 2.05 bits per heavy atom. The fourth-order valence-corrected chi connectivity index (χ4v) is 3.50. The van der Waals surface area contributed by atoms with Crippen LogP contribution < -0.4 is 5.32 Å². The lowest BCUT2D eigenvalue weighted by atomic mass is 9.86. The van der Waals surface area contributed by atoms with E-state index in [1.165, 1.54) is 29.8 Å². The number of aromatic nitrogens is 2. The van der Waals surface area contributed by atoms with Crippen molar-refractivity contribution in [2.75, 3.05) is 6.54 Å². The van der Waals surface area contributed by atoms with E-state index in [2.05, 4.69) is 46.7 Å². The molecular weight excluding hydrogens is 254 g/mol. The van der Waals surface area contributed by atoms with Crippen LogP contribution in [0.25, 0.3) is 0 Å². The molecule has 1 N–H and O–H groups in total. The second-order valence-electron chi connectivity index (χ2n) is 5.01. The van der Waals surface area contributed by atoms with Crippen LogP contribution in [0, 0.1) is 0 Å². The smallest absolute Gasteiger partial charge is 0.139 e. The van der Waals surface area contributed by atoms with E-state index in [4.69, 9.17) is 0 Å². The highest BCUT2D eigenvalue weighted by atomic mass is 32.1. The van der Waals surface area contributed by atoms with E-state index in [0.717, 1.165) is 11.6 Å². The quantitative estimate of drug-likeness (QED) is 0.906. The summed E-state index contributed by atoms with van der Waals surface area (Å²) in [6, 6.07) is 10.7. The number of rotatable bonds is 5. The molecule has 100 valence electrons. The first-order chi connectivity index (χ1) is 9.38. The van der Waals surface area contributed by atoms with Gasteiger partial charge in [0.2, 0.25) is 0 Å². The van der Waals surface area contributed by atoms with E-state index < -0.39 is 0 Å². The Balaban J connectivity index is 1.85. The van der Waals surface area contributed by atoms with Crippen LogP contribution in [0.1, 0.15) is 53.7 Å². The van der Waals surface area contributed by atoms with Crippen molar-refractivity contribution >= 4 is 11.3 Å². The molecule has 1 fully saturated rings. The van der Waals surface area contributed by atoms with Gasteiger partial charge in [-0.15, -0.1) is 10.2 Å². The molecule has 0 bridgehead atoms. The summed E-state index contributed by atoms with van der Waals surface area (Å²) >= 11 is 1.77. The van der Waals surface area contributed by atoms with Crippen LogP contribution in [0.4, 0.5) is 0 Å². The maximum atomic E-state index is 4.42. The molecule has 1 aromatic heterocycles. The molecule has 2 aromatic rings. The minimum Gasteiger partial charge on any atom is -0.304 e. The molecule has 4 heteroatoms. The summed E-state index contributed by atoms with van der Waals surface area (Å²) in [6.07, 6.45) is 3.91. The largest absolute Gasteiger partial charge is 0.304 e. The third-order valence-corrected chi connectivity index (χ3v) is 4.85. The zero-order valence-corrected chi connectivity index (χ0v) is 12.0. The topological polar surface area (TPSA) is 37.8 Å². The van der Waals surface area contributed by atoms with Crippen molar-refractivity contribution in [1.29, 1.82) is 0 Å². The Kier molecular flexibility index (Phi) is 3.89. The van der Waals surface area contributed by atoms with Crippen LogP contribution in [0.5, 0.6) is 0 Å². The van der Waals surface area contributed by atoms with E-state index >= 15 is 0 Å². The molecule has 0 amide bonds. The third kappa shape index (κ3) is 2.69. The van der Waals surface area contributed by atoms with E-state index in [9.17, 15) is 0 Å². The Morgan fingerprint density at radius 3 is 2.68 bits per heavy atom. The highest BCUT2D eigenvalue weighted by Gasteiger charge is 2.25. The minimum atomic E-state index is 0.178. The van der Waals surface area contributed by atoms with E-state index in [0.29, 0.717) is 5.92 Å². The van der Waals surface area contributed by atoms with Gasteiger partial charge in [-0.1, -0.05) is 55.0 Å². The fraction of sp³-hybridized carbons (Fsp3) is 0.467. The van der Waals surface area contributed by atoms with Crippen molar-refractivity contribution < 1.29 is 0 Å². The maximum Gasteiger partial charge on any atom is 0.139 e. The van der Waals surface area contributed by atoms with Crippen molar-refractivity contribution in [3.63, 3.8) is 0 Å². The molecule has 19 heavy (non-hydrogen) atoms. The standard InChI is InChI=1S/C15H19N3S/c1-2-16-13(11-7-4-3-5-8-11)15-18-17-14(19-15)12-9-6-10-12/h3-5,7-8,12-13,16H,2,6,9-10H2,1H3. The van der Waals surface area contributed by atoms with Crippen molar-refractivity contribution in [3.8, 4) is 0 Å². The van der Waals surface area contributed by atoms with Crippen molar-refractivity contribution in [2.24, 2.45) is 0 Å². The highest BCUT2D eigenvalue weighted by Crippen LogP contribution is 2.39. The molecule has 1 aliphatic carbocycles. The molecule has 0 aliphatic heterocycles. The zero-order valence-electron chi connectivity index (χ0n) is 11.2. The SMILES string of the molecule is CCNC(c1ccccc1)c1nnc(C2CCC2)s1. The summed E-state index contributed by atoms with van der Waals surface area (Å²) < 4.78 is 0. The first kappa shape index (κ1) is 12.8. The van der Waals surface area contributed by atoms with Crippen LogP contribution in [0.2, 0.25) is 0 Å². The second kappa shape index (κ2) is 5.80. The summed E-state index contributed by atoms with van der Waals surface area (Å²) in [7, 11) is 0. The molecule has 0 saturated heterocycles. The van der Waals surface area contributed by atoms with E-state index in [1.54, 1.807) is 11.3 Å². The molecule has 1 saturated carbocycles. The molecule has 1 atom stereocenters. The van der Waals surface area contributed by atoms with Crippen LogP contribution in [-0.2, 0) is 0 Å². The number of hydrogen-bond donors (Lipinski definition) is 1. The van der Waals surface area contributed by atoms with Gasteiger partial charge in [0.25, 0.3) is 0 Å². The van der Waals surface area contributed by atoms with Gasteiger partial charge in [0.05, 0.1) is 6.04 Å². The van der Waals surface area contributed by atoms with Gasteiger partial charge in [-0.05, 0) is 24.9 Å². The first-order valence-electron chi connectivity index (χ1n) is 7.00.